The molecular formula is C12H13Br2Cl2NO2S. The number of halogens is 4. The Hall–Kier alpha value is 0.670. The van der Waals surface area contributed by atoms with Crippen LogP contribution in [0.4, 0.5) is 0 Å². The fraction of sp³-hybridized carbons (Fsp3) is 0.500. The van der Waals surface area contributed by atoms with E-state index < -0.39 is 10.0 Å². The van der Waals surface area contributed by atoms with Crippen molar-refractivity contribution < 1.29 is 8.42 Å². The molecule has 8 heteroatoms. The van der Waals surface area contributed by atoms with Crippen LogP contribution < -0.4 is 4.72 Å². The summed E-state index contributed by atoms with van der Waals surface area (Å²) in [6.07, 6.45) is 3.20. The Labute approximate surface area is 145 Å². The van der Waals surface area contributed by atoms with Crippen molar-refractivity contribution in [2.24, 2.45) is 5.92 Å². The van der Waals surface area contributed by atoms with Gasteiger partial charge >= 0.3 is 0 Å². The first-order valence-corrected chi connectivity index (χ1v) is 10.0. The standard InChI is InChI=1S/C12H13Br2Cl2NO2S/c13-8-4-10(15)12(11(16)5-8)20(18,19)17-6-7-2-1-3-9(7)14/h4-5,7,9,17H,1-3,6H2. The zero-order chi connectivity index (χ0) is 14.9. The van der Waals surface area contributed by atoms with Crippen molar-refractivity contribution in [3.8, 4) is 0 Å². The van der Waals surface area contributed by atoms with E-state index in [1.54, 1.807) is 0 Å². The number of hydrogen-bond acceptors (Lipinski definition) is 2. The maximum atomic E-state index is 12.3. The predicted octanol–water partition coefficient (Wildman–Crippen LogP) is 4.60. The van der Waals surface area contributed by atoms with E-state index >= 15 is 0 Å². The second-order valence-electron chi connectivity index (χ2n) is 4.76. The summed E-state index contributed by atoms with van der Waals surface area (Å²) in [7, 11) is -3.70. The lowest BCUT2D eigenvalue weighted by molar-refractivity contribution is 0.529. The van der Waals surface area contributed by atoms with Gasteiger partial charge in [-0.1, -0.05) is 61.5 Å². The first-order valence-electron chi connectivity index (χ1n) is 6.09. The molecule has 112 valence electrons. The second-order valence-corrected chi connectivity index (χ2v) is 9.37. The minimum absolute atomic E-state index is 0.0619. The molecule has 0 bridgehead atoms. The quantitative estimate of drug-likeness (QED) is 0.660. The van der Waals surface area contributed by atoms with Gasteiger partial charge in [-0.15, -0.1) is 0 Å². The van der Waals surface area contributed by atoms with Crippen molar-refractivity contribution in [2.75, 3.05) is 6.54 Å². The van der Waals surface area contributed by atoms with Crippen LogP contribution in [0.25, 0.3) is 0 Å². The Morgan fingerprint density at radius 3 is 2.35 bits per heavy atom. The van der Waals surface area contributed by atoms with Gasteiger partial charge in [-0.2, -0.15) is 0 Å². The molecule has 0 amide bonds. The molecule has 2 rings (SSSR count). The van der Waals surface area contributed by atoms with Gasteiger partial charge in [0.15, 0.2) is 0 Å². The summed E-state index contributed by atoms with van der Waals surface area (Å²) in [6, 6.07) is 3.04. The zero-order valence-electron chi connectivity index (χ0n) is 10.4. The first kappa shape index (κ1) is 17.0. The monoisotopic (exact) mass is 463 g/mol. The third-order valence-corrected chi connectivity index (χ3v) is 7.34. The van der Waals surface area contributed by atoms with Crippen molar-refractivity contribution in [3.05, 3.63) is 26.7 Å². The Morgan fingerprint density at radius 1 is 1.25 bits per heavy atom. The molecule has 1 N–H and O–H groups in total. The van der Waals surface area contributed by atoms with E-state index in [2.05, 4.69) is 36.6 Å². The van der Waals surface area contributed by atoms with Crippen LogP contribution in [-0.4, -0.2) is 19.8 Å². The highest BCUT2D eigenvalue weighted by molar-refractivity contribution is 9.10. The summed E-state index contributed by atoms with van der Waals surface area (Å²) < 4.78 is 27.9. The van der Waals surface area contributed by atoms with Crippen molar-refractivity contribution in [1.29, 1.82) is 0 Å². The summed E-state index contributed by atoms with van der Waals surface area (Å²) in [6.45, 7) is 0.390. The highest BCUT2D eigenvalue weighted by Gasteiger charge is 2.28. The molecule has 20 heavy (non-hydrogen) atoms. The summed E-state index contributed by atoms with van der Waals surface area (Å²) in [5, 5.41) is 0.220. The lowest BCUT2D eigenvalue weighted by Crippen LogP contribution is -2.31. The number of hydrogen-bond donors (Lipinski definition) is 1. The second kappa shape index (κ2) is 6.84. The average Bonchev–Trinajstić information content (AvgIpc) is 2.70. The fourth-order valence-electron chi connectivity index (χ4n) is 2.30. The van der Waals surface area contributed by atoms with Crippen LogP contribution in [0.5, 0.6) is 0 Å². The minimum atomic E-state index is -3.70. The van der Waals surface area contributed by atoms with Gasteiger partial charge in [0.2, 0.25) is 10.0 Å². The van der Waals surface area contributed by atoms with Crippen LogP contribution in [0.3, 0.4) is 0 Å². The van der Waals surface area contributed by atoms with Gasteiger partial charge in [0.1, 0.15) is 4.90 Å². The van der Waals surface area contributed by atoms with Crippen LogP contribution in [0.2, 0.25) is 10.0 Å². The molecule has 0 saturated heterocycles. The summed E-state index contributed by atoms with van der Waals surface area (Å²) >= 11 is 18.8. The molecule has 0 aliphatic heterocycles. The summed E-state index contributed by atoms with van der Waals surface area (Å²) in [5.74, 6) is 0.303. The van der Waals surface area contributed by atoms with Gasteiger partial charge in [-0.3, -0.25) is 0 Å². The molecule has 1 aliphatic rings. The third-order valence-electron chi connectivity index (χ3n) is 3.33. The molecule has 0 radical (unpaired) electrons. The van der Waals surface area contributed by atoms with Crippen LogP contribution >= 0.6 is 55.1 Å². The van der Waals surface area contributed by atoms with E-state index in [1.165, 1.54) is 12.1 Å². The number of sulfonamides is 1. The molecule has 2 unspecified atom stereocenters. The number of rotatable bonds is 4. The third kappa shape index (κ3) is 3.90. The van der Waals surface area contributed by atoms with Crippen LogP contribution in [0, 0.1) is 5.92 Å². The van der Waals surface area contributed by atoms with Gasteiger partial charge in [0.25, 0.3) is 0 Å². The van der Waals surface area contributed by atoms with Crippen molar-refractivity contribution >= 4 is 65.1 Å². The first-order chi connectivity index (χ1) is 9.31. The van der Waals surface area contributed by atoms with E-state index in [4.69, 9.17) is 23.2 Å². The Kier molecular flexibility index (Phi) is 5.82. The number of alkyl halides is 1. The van der Waals surface area contributed by atoms with Gasteiger partial charge in [0, 0.05) is 15.8 Å². The van der Waals surface area contributed by atoms with Gasteiger partial charge in [-0.05, 0) is 30.9 Å². The van der Waals surface area contributed by atoms with E-state index in [9.17, 15) is 8.42 Å². The Bertz CT molecular complexity index is 586. The smallest absolute Gasteiger partial charge is 0.211 e. The van der Waals surface area contributed by atoms with Crippen LogP contribution in [0.1, 0.15) is 19.3 Å². The number of benzene rings is 1. The van der Waals surface area contributed by atoms with Crippen molar-refractivity contribution in [2.45, 2.75) is 29.0 Å². The van der Waals surface area contributed by atoms with Gasteiger partial charge < -0.3 is 0 Å². The molecule has 1 aromatic carbocycles. The minimum Gasteiger partial charge on any atom is -0.211 e. The SMILES string of the molecule is O=S(=O)(NCC1CCCC1Br)c1c(Cl)cc(Br)cc1Cl. The molecule has 1 aromatic rings. The molecule has 0 heterocycles. The van der Waals surface area contributed by atoms with Crippen LogP contribution in [-0.2, 0) is 10.0 Å². The molecular weight excluding hydrogens is 453 g/mol. The topological polar surface area (TPSA) is 46.2 Å². The molecule has 3 nitrogen and oxygen atoms in total. The zero-order valence-corrected chi connectivity index (χ0v) is 15.9. The molecule has 0 spiro atoms. The molecule has 0 aromatic heterocycles. The number of nitrogens with one attached hydrogen (secondary N) is 1. The lowest BCUT2D eigenvalue weighted by Gasteiger charge is -2.16. The molecule has 1 fully saturated rings. The maximum Gasteiger partial charge on any atom is 0.243 e. The van der Waals surface area contributed by atoms with E-state index in [0.29, 0.717) is 21.8 Å². The summed E-state index contributed by atoms with van der Waals surface area (Å²) in [4.78, 5) is 0.300. The van der Waals surface area contributed by atoms with Crippen molar-refractivity contribution in [3.63, 3.8) is 0 Å². The van der Waals surface area contributed by atoms with Gasteiger partial charge in [-0.25, -0.2) is 13.1 Å². The maximum absolute atomic E-state index is 12.3. The van der Waals surface area contributed by atoms with Crippen molar-refractivity contribution in [1.82, 2.24) is 4.72 Å². The van der Waals surface area contributed by atoms with E-state index in [0.717, 1.165) is 19.3 Å². The largest absolute Gasteiger partial charge is 0.243 e. The molecule has 2 atom stereocenters. The predicted molar refractivity (Wildman–Crippen MR) is 89.4 cm³/mol. The highest BCUT2D eigenvalue weighted by atomic mass is 79.9. The van der Waals surface area contributed by atoms with Gasteiger partial charge in [0.05, 0.1) is 10.0 Å². The fourth-order valence-corrected chi connectivity index (χ4v) is 6.10. The Balaban J connectivity index is 2.18. The lowest BCUT2D eigenvalue weighted by atomic mass is 10.1. The highest BCUT2D eigenvalue weighted by Crippen LogP contribution is 2.34. The Morgan fingerprint density at radius 2 is 1.85 bits per heavy atom. The van der Waals surface area contributed by atoms with E-state index in [1.807, 2.05) is 0 Å². The summed E-state index contributed by atoms with van der Waals surface area (Å²) in [5.41, 5.74) is 0. The normalized spacial score (nSPS) is 23.2. The molecule has 1 aliphatic carbocycles. The van der Waals surface area contributed by atoms with Crippen LogP contribution in [0.15, 0.2) is 21.5 Å². The average molecular weight is 466 g/mol. The molecule has 1 saturated carbocycles. The van der Waals surface area contributed by atoms with E-state index in [-0.39, 0.29) is 14.9 Å².